The zero-order valence-electron chi connectivity index (χ0n) is 9.24. The summed E-state index contributed by atoms with van der Waals surface area (Å²) in [6, 6.07) is -0.313. The summed E-state index contributed by atoms with van der Waals surface area (Å²) in [5.41, 5.74) is 1.29. The van der Waals surface area contributed by atoms with Crippen LogP contribution in [0.4, 0.5) is 10.7 Å². The van der Waals surface area contributed by atoms with Crippen LogP contribution < -0.4 is 10.6 Å². The lowest BCUT2D eigenvalue weighted by molar-refractivity contribution is 0.255. The van der Waals surface area contributed by atoms with E-state index in [1.165, 1.54) is 18.4 Å². The Morgan fingerprint density at radius 2 is 1.94 bits per heavy atom. The Hall–Kier alpha value is -1.43. The molecule has 2 N–H and O–H groups in total. The van der Waals surface area contributed by atoms with Gasteiger partial charge in [0.1, 0.15) is 0 Å². The number of urea groups is 1. The molecule has 0 radical (unpaired) electrons. The van der Waals surface area contributed by atoms with Crippen molar-refractivity contribution < 1.29 is 4.79 Å². The second kappa shape index (κ2) is 5.77. The molecule has 1 aromatic rings. The minimum absolute atomic E-state index is 0.288. The summed E-state index contributed by atoms with van der Waals surface area (Å²) in [7, 11) is 0. The van der Waals surface area contributed by atoms with Crippen LogP contribution in [0.2, 0.25) is 0 Å². The molecular formula is C11H13BrN4O. The molecule has 0 unspecified atom stereocenters. The Morgan fingerprint density at radius 1 is 1.29 bits per heavy atom. The number of anilines is 1. The van der Waals surface area contributed by atoms with Crippen LogP contribution >= 0.6 is 15.9 Å². The molecule has 17 heavy (non-hydrogen) atoms. The molecule has 1 aliphatic rings. The molecule has 1 aromatic heterocycles. The fourth-order valence-electron chi connectivity index (χ4n) is 1.66. The molecule has 0 bridgehead atoms. The summed E-state index contributed by atoms with van der Waals surface area (Å²) in [6.45, 7) is 0. The number of halogens is 1. The fourth-order valence-corrected chi connectivity index (χ4v) is 1.86. The summed E-state index contributed by atoms with van der Waals surface area (Å²) in [4.78, 5) is 19.4. The first-order valence-corrected chi connectivity index (χ1v) is 6.26. The highest BCUT2D eigenvalue weighted by molar-refractivity contribution is 9.10. The van der Waals surface area contributed by atoms with Crippen LogP contribution in [0.3, 0.4) is 0 Å². The van der Waals surface area contributed by atoms with Gasteiger partial charge >= 0.3 is 6.03 Å². The van der Waals surface area contributed by atoms with Crippen LogP contribution in [-0.2, 0) is 0 Å². The van der Waals surface area contributed by atoms with Crippen molar-refractivity contribution >= 4 is 27.9 Å². The summed E-state index contributed by atoms with van der Waals surface area (Å²) in [5, 5.41) is 5.24. The number of amides is 2. The van der Waals surface area contributed by atoms with Crippen molar-refractivity contribution in [3.63, 3.8) is 0 Å². The molecule has 1 fully saturated rings. The van der Waals surface area contributed by atoms with Gasteiger partial charge in [0.25, 0.3) is 0 Å². The second-order valence-corrected chi connectivity index (χ2v) is 4.75. The van der Waals surface area contributed by atoms with Crippen molar-refractivity contribution in [2.75, 3.05) is 5.32 Å². The Morgan fingerprint density at radius 3 is 2.59 bits per heavy atom. The molecule has 1 aliphatic carbocycles. The predicted molar refractivity (Wildman–Crippen MR) is 68.4 cm³/mol. The minimum Gasteiger partial charge on any atom is -0.314 e. The average Bonchev–Trinajstić information content (AvgIpc) is 2.83. The summed E-state index contributed by atoms with van der Waals surface area (Å²) >= 11 is 3.22. The molecule has 6 heteroatoms. The fraction of sp³-hybridized carbons (Fsp3) is 0.364. The first-order chi connectivity index (χ1) is 8.24. The lowest BCUT2D eigenvalue weighted by Crippen LogP contribution is -2.25. The minimum atomic E-state index is -0.313. The third kappa shape index (κ3) is 3.81. The number of aromatic nitrogens is 2. The van der Waals surface area contributed by atoms with Gasteiger partial charge in [0, 0.05) is 18.6 Å². The Balaban J connectivity index is 1.84. The van der Waals surface area contributed by atoms with Gasteiger partial charge in [-0.2, -0.15) is 0 Å². The lowest BCUT2D eigenvalue weighted by Gasteiger charge is -2.03. The Kier molecular flexibility index (Phi) is 4.08. The normalized spacial score (nSPS) is 14.5. The quantitative estimate of drug-likeness (QED) is 0.882. The molecule has 0 atom stereocenters. The van der Waals surface area contributed by atoms with Gasteiger partial charge in [0.2, 0.25) is 5.95 Å². The topological polar surface area (TPSA) is 66.9 Å². The zero-order chi connectivity index (χ0) is 12.1. The van der Waals surface area contributed by atoms with E-state index in [0.29, 0.717) is 0 Å². The van der Waals surface area contributed by atoms with E-state index in [0.717, 1.165) is 17.3 Å². The van der Waals surface area contributed by atoms with Crippen LogP contribution in [0.15, 0.2) is 28.6 Å². The van der Waals surface area contributed by atoms with E-state index in [1.54, 1.807) is 18.6 Å². The van der Waals surface area contributed by atoms with E-state index in [4.69, 9.17) is 0 Å². The molecule has 0 saturated heterocycles. The SMILES string of the molecule is O=C(NC=C1CCCC1)Nc1ncc(Br)cn1. The second-order valence-electron chi connectivity index (χ2n) is 3.83. The number of hydrogen-bond donors (Lipinski definition) is 2. The molecule has 5 nitrogen and oxygen atoms in total. The molecule has 1 heterocycles. The number of nitrogens with one attached hydrogen (secondary N) is 2. The maximum absolute atomic E-state index is 11.5. The van der Waals surface area contributed by atoms with Crippen molar-refractivity contribution in [3.05, 3.63) is 28.6 Å². The molecule has 2 rings (SSSR count). The Labute approximate surface area is 108 Å². The maximum Gasteiger partial charge on any atom is 0.325 e. The maximum atomic E-state index is 11.5. The van der Waals surface area contributed by atoms with Crippen LogP contribution in [0.1, 0.15) is 25.7 Å². The van der Waals surface area contributed by atoms with Crippen LogP contribution in [0.25, 0.3) is 0 Å². The van der Waals surface area contributed by atoms with Crippen molar-refractivity contribution in [1.82, 2.24) is 15.3 Å². The largest absolute Gasteiger partial charge is 0.325 e. The number of rotatable bonds is 2. The molecule has 0 spiro atoms. The van der Waals surface area contributed by atoms with Gasteiger partial charge in [-0.1, -0.05) is 5.57 Å². The van der Waals surface area contributed by atoms with Gasteiger partial charge in [-0.3, -0.25) is 5.32 Å². The highest BCUT2D eigenvalue weighted by atomic mass is 79.9. The highest BCUT2D eigenvalue weighted by Gasteiger charge is 2.07. The zero-order valence-corrected chi connectivity index (χ0v) is 10.8. The molecule has 2 amide bonds. The van der Waals surface area contributed by atoms with Crippen molar-refractivity contribution in [3.8, 4) is 0 Å². The highest BCUT2D eigenvalue weighted by Crippen LogP contribution is 2.22. The number of allylic oxidation sites excluding steroid dienone is 1. The first-order valence-electron chi connectivity index (χ1n) is 5.47. The number of carbonyl (C=O) groups is 1. The van der Waals surface area contributed by atoms with Gasteiger partial charge in [-0.15, -0.1) is 0 Å². The predicted octanol–water partition coefficient (Wildman–Crippen LogP) is 2.82. The van der Waals surface area contributed by atoms with Crippen LogP contribution in [-0.4, -0.2) is 16.0 Å². The van der Waals surface area contributed by atoms with E-state index in [9.17, 15) is 4.79 Å². The van der Waals surface area contributed by atoms with Gasteiger partial charge < -0.3 is 5.32 Å². The first kappa shape index (κ1) is 12.0. The Bertz CT molecular complexity index is 422. The summed E-state index contributed by atoms with van der Waals surface area (Å²) in [6.07, 6.45) is 9.53. The lowest BCUT2D eigenvalue weighted by atomic mass is 10.2. The van der Waals surface area contributed by atoms with Crippen molar-refractivity contribution in [1.29, 1.82) is 0 Å². The standard InChI is InChI=1S/C11H13BrN4O/c12-9-6-13-10(14-7-9)16-11(17)15-5-8-3-1-2-4-8/h5-7H,1-4H2,(H2,13,14,15,16,17). The third-order valence-electron chi connectivity index (χ3n) is 2.50. The van der Waals surface area contributed by atoms with E-state index in [-0.39, 0.29) is 12.0 Å². The van der Waals surface area contributed by atoms with Crippen LogP contribution in [0, 0.1) is 0 Å². The van der Waals surface area contributed by atoms with E-state index < -0.39 is 0 Å². The summed E-state index contributed by atoms with van der Waals surface area (Å²) in [5.74, 6) is 0.288. The smallest absolute Gasteiger partial charge is 0.314 e. The molecular weight excluding hydrogens is 284 g/mol. The number of hydrogen-bond acceptors (Lipinski definition) is 3. The van der Waals surface area contributed by atoms with Crippen molar-refractivity contribution in [2.24, 2.45) is 0 Å². The number of carbonyl (C=O) groups excluding carboxylic acids is 1. The van der Waals surface area contributed by atoms with E-state index in [2.05, 4.69) is 36.5 Å². The van der Waals surface area contributed by atoms with Gasteiger partial charge in [0.05, 0.1) is 4.47 Å². The van der Waals surface area contributed by atoms with Crippen molar-refractivity contribution in [2.45, 2.75) is 25.7 Å². The molecule has 90 valence electrons. The monoisotopic (exact) mass is 296 g/mol. The van der Waals surface area contributed by atoms with Gasteiger partial charge in [0.15, 0.2) is 0 Å². The van der Waals surface area contributed by atoms with E-state index in [1.807, 2.05) is 0 Å². The van der Waals surface area contributed by atoms with E-state index >= 15 is 0 Å². The average molecular weight is 297 g/mol. The molecule has 0 aliphatic heterocycles. The molecule has 0 aromatic carbocycles. The summed E-state index contributed by atoms with van der Waals surface area (Å²) < 4.78 is 0.775. The third-order valence-corrected chi connectivity index (χ3v) is 2.91. The molecule has 1 saturated carbocycles. The van der Waals surface area contributed by atoms with Crippen LogP contribution in [0.5, 0.6) is 0 Å². The van der Waals surface area contributed by atoms with Gasteiger partial charge in [-0.05, 0) is 41.6 Å². The number of nitrogens with zero attached hydrogens (tertiary/aromatic N) is 2. The van der Waals surface area contributed by atoms with Gasteiger partial charge in [-0.25, -0.2) is 14.8 Å².